The first kappa shape index (κ1) is 15.4. The molecular weight excluding hydrogens is 345 g/mol. The van der Waals surface area contributed by atoms with Crippen LogP contribution >= 0.6 is 22.6 Å². The van der Waals surface area contributed by atoms with Crippen LogP contribution in [0.3, 0.4) is 0 Å². The first-order valence-electron chi connectivity index (χ1n) is 6.08. The Morgan fingerprint density at radius 2 is 2.28 bits per heavy atom. The molecule has 1 aromatic rings. The van der Waals surface area contributed by atoms with Gasteiger partial charge in [0.25, 0.3) is 5.91 Å². The molecule has 1 heterocycles. The lowest BCUT2D eigenvalue weighted by Gasteiger charge is -2.13. The lowest BCUT2D eigenvalue weighted by molar-refractivity contribution is 0.0942. The molecule has 0 atom stereocenters. The third-order valence-electron chi connectivity index (χ3n) is 2.90. The molecule has 0 radical (unpaired) electrons. The summed E-state index contributed by atoms with van der Waals surface area (Å²) in [6.07, 6.45) is 0.937. The quantitative estimate of drug-likeness (QED) is 0.456. The number of hydrogen-bond acceptors (Lipinski definition) is 4. The number of aromatic nitrogens is 1. The zero-order valence-corrected chi connectivity index (χ0v) is 13.3. The van der Waals surface area contributed by atoms with Crippen LogP contribution in [0.1, 0.15) is 35.2 Å². The molecule has 0 aliphatic rings. The zero-order chi connectivity index (χ0) is 13.5. The Kier molecular flexibility index (Phi) is 6.62. The zero-order valence-electron chi connectivity index (χ0n) is 11.1. The van der Waals surface area contributed by atoms with Gasteiger partial charge in [0.1, 0.15) is 5.76 Å². The Hall–Kier alpha value is -0.630. The molecule has 1 N–H and O–H groups in total. The molecule has 0 saturated carbocycles. The summed E-state index contributed by atoms with van der Waals surface area (Å²) < 4.78 is 5.83. The lowest BCUT2D eigenvalue weighted by atomic mass is 10.2. The van der Waals surface area contributed by atoms with E-state index in [1.54, 1.807) is 0 Å². The van der Waals surface area contributed by atoms with Crippen molar-refractivity contribution in [2.45, 2.75) is 24.7 Å². The van der Waals surface area contributed by atoms with E-state index >= 15 is 0 Å². The van der Waals surface area contributed by atoms with Crippen molar-refractivity contribution in [1.82, 2.24) is 15.4 Å². The highest BCUT2D eigenvalue weighted by molar-refractivity contribution is 14.1. The number of carbonyl (C=O) groups excluding carboxylic acids is 1. The largest absolute Gasteiger partial charge is 0.359 e. The van der Waals surface area contributed by atoms with Crippen LogP contribution in [0.15, 0.2) is 4.52 Å². The van der Waals surface area contributed by atoms with Crippen molar-refractivity contribution >= 4 is 28.5 Å². The number of halogens is 1. The highest BCUT2D eigenvalue weighted by Gasteiger charge is 2.17. The standard InChI is InChI=1S/C12H20IN3O2/c1-4-16(3)7-5-6-14-12(17)11-9(2)10(8-13)18-15-11/h4-8H2,1-3H3,(H,14,17). The molecule has 0 aliphatic carbocycles. The molecule has 5 nitrogen and oxygen atoms in total. The van der Waals surface area contributed by atoms with Crippen LogP contribution in [0.4, 0.5) is 0 Å². The highest BCUT2D eigenvalue weighted by Crippen LogP contribution is 2.15. The maximum atomic E-state index is 11.9. The number of amides is 1. The molecule has 0 spiro atoms. The smallest absolute Gasteiger partial charge is 0.273 e. The molecule has 1 rings (SSSR count). The van der Waals surface area contributed by atoms with E-state index in [9.17, 15) is 4.79 Å². The summed E-state index contributed by atoms with van der Waals surface area (Å²) in [5.41, 5.74) is 1.25. The van der Waals surface area contributed by atoms with E-state index in [1.165, 1.54) is 0 Å². The molecule has 1 amide bonds. The summed E-state index contributed by atoms with van der Waals surface area (Å²) in [5.74, 6) is 0.623. The molecule has 0 fully saturated rings. The van der Waals surface area contributed by atoms with Gasteiger partial charge in [-0.2, -0.15) is 0 Å². The van der Waals surface area contributed by atoms with Crippen LogP contribution in [-0.2, 0) is 4.43 Å². The molecule has 0 aliphatic heterocycles. The van der Waals surface area contributed by atoms with Gasteiger partial charge in [0, 0.05) is 12.1 Å². The predicted molar refractivity (Wildman–Crippen MR) is 79.1 cm³/mol. The van der Waals surface area contributed by atoms with Gasteiger partial charge < -0.3 is 14.7 Å². The molecular formula is C12H20IN3O2. The van der Waals surface area contributed by atoms with Crippen LogP contribution in [0, 0.1) is 6.92 Å². The minimum absolute atomic E-state index is 0.147. The number of alkyl halides is 1. The molecule has 1 aromatic heterocycles. The van der Waals surface area contributed by atoms with Crippen LogP contribution in [0.2, 0.25) is 0 Å². The first-order valence-corrected chi connectivity index (χ1v) is 7.60. The molecule has 0 aromatic carbocycles. The Bertz CT molecular complexity index is 393. The average Bonchev–Trinajstić information content (AvgIpc) is 2.75. The van der Waals surface area contributed by atoms with E-state index in [2.05, 4.69) is 51.9 Å². The van der Waals surface area contributed by atoms with E-state index in [4.69, 9.17) is 4.52 Å². The third kappa shape index (κ3) is 4.24. The summed E-state index contributed by atoms with van der Waals surface area (Å²) in [5, 5.41) is 6.68. The number of nitrogens with zero attached hydrogens (tertiary/aromatic N) is 2. The van der Waals surface area contributed by atoms with Crippen molar-refractivity contribution in [3.8, 4) is 0 Å². The van der Waals surface area contributed by atoms with E-state index in [0.717, 1.165) is 35.3 Å². The van der Waals surface area contributed by atoms with Crippen LogP contribution in [0.25, 0.3) is 0 Å². The molecule has 0 bridgehead atoms. The van der Waals surface area contributed by atoms with Gasteiger partial charge in [-0.05, 0) is 33.5 Å². The Morgan fingerprint density at radius 3 is 2.83 bits per heavy atom. The lowest BCUT2D eigenvalue weighted by Crippen LogP contribution is -2.28. The maximum Gasteiger partial charge on any atom is 0.273 e. The van der Waals surface area contributed by atoms with Crippen LogP contribution < -0.4 is 5.32 Å². The fourth-order valence-corrected chi connectivity index (χ4v) is 2.21. The fraction of sp³-hybridized carbons (Fsp3) is 0.667. The van der Waals surface area contributed by atoms with Gasteiger partial charge in [0.05, 0.1) is 4.43 Å². The minimum Gasteiger partial charge on any atom is -0.359 e. The molecule has 18 heavy (non-hydrogen) atoms. The summed E-state index contributed by atoms with van der Waals surface area (Å²) in [4.78, 5) is 14.1. The van der Waals surface area contributed by atoms with E-state index in [1.807, 2.05) is 6.92 Å². The van der Waals surface area contributed by atoms with Crippen LogP contribution in [0.5, 0.6) is 0 Å². The topological polar surface area (TPSA) is 58.4 Å². The van der Waals surface area contributed by atoms with Gasteiger partial charge >= 0.3 is 0 Å². The first-order chi connectivity index (χ1) is 8.60. The van der Waals surface area contributed by atoms with Gasteiger partial charge in [0.15, 0.2) is 5.69 Å². The number of rotatable bonds is 7. The Morgan fingerprint density at radius 1 is 1.56 bits per heavy atom. The Labute approximate surface area is 121 Å². The molecule has 0 unspecified atom stereocenters. The van der Waals surface area contributed by atoms with Gasteiger partial charge in [-0.3, -0.25) is 4.79 Å². The number of nitrogens with one attached hydrogen (secondary N) is 1. The second-order valence-electron chi connectivity index (χ2n) is 4.22. The van der Waals surface area contributed by atoms with Gasteiger partial charge in [0.2, 0.25) is 0 Å². The minimum atomic E-state index is -0.147. The predicted octanol–water partition coefficient (Wildman–Crippen LogP) is 1.99. The SMILES string of the molecule is CCN(C)CCCNC(=O)c1noc(CI)c1C. The highest BCUT2D eigenvalue weighted by atomic mass is 127. The van der Waals surface area contributed by atoms with Crippen molar-refractivity contribution in [3.05, 3.63) is 17.0 Å². The van der Waals surface area contributed by atoms with Crippen molar-refractivity contribution in [1.29, 1.82) is 0 Å². The second kappa shape index (κ2) is 7.73. The van der Waals surface area contributed by atoms with Crippen molar-refractivity contribution in [3.63, 3.8) is 0 Å². The second-order valence-corrected chi connectivity index (χ2v) is 4.98. The van der Waals surface area contributed by atoms with Crippen LogP contribution in [-0.4, -0.2) is 42.6 Å². The molecule has 6 heteroatoms. The third-order valence-corrected chi connectivity index (χ3v) is 3.59. The summed E-state index contributed by atoms with van der Waals surface area (Å²) in [6.45, 7) is 6.64. The van der Waals surface area contributed by atoms with E-state index < -0.39 is 0 Å². The van der Waals surface area contributed by atoms with Gasteiger partial charge in [-0.1, -0.05) is 34.7 Å². The molecule has 0 saturated heterocycles. The Balaban J connectivity index is 2.39. The number of carbonyl (C=O) groups is 1. The normalized spacial score (nSPS) is 10.9. The van der Waals surface area contributed by atoms with Crippen molar-refractivity contribution < 1.29 is 9.32 Å². The van der Waals surface area contributed by atoms with E-state index in [-0.39, 0.29) is 5.91 Å². The van der Waals surface area contributed by atoms with Crippen molar-refractivity contribution in [2.75, 3.05) is 26.7 Å². The van der Waals surface area contributed by atoms with Gasteiger partial charge in [-0.15, -0.1) is 0 Å². The maximum absolute atomic E-state index is 11.9. The monoisotopic (exact) mass is 365 g/mol. The fourth-order valence-electron chi connectivity index (χ4n) is 1.50. The average molecular weight is 365 g/mol. The van der Waals surface area contributed by atoms with Gasteiger partial charge in [-0.25, -0.2) is 0 Å². The summed E-state index contributed by atoms with van der Waals surface area (Å²) in [7, 11) is 2.07. The van der Waals surface area contributed by atoms with Crippen molar-refractivity contribution in [2.24, 2.45) is 0 Å². The molecule has 102 valence electrons. The summed E-state index contributed by atoms with van der Waals surface area (Å²) in [6, 6.07) is 0. The number of hydrogen-bond donors (Lipinski definition) is 1. The van der Waals surface area contributed by atoms with E-state index in [0.29, 0.717) is 12.2 Å². The summed E-state index contributed by atoms with van der Waals surface area (Å²) >= 11 is 2.19.